The topological polar surface area (TPSA) is 55.6 Å². The summed E-state index contributed by atoms with van der Waals surface area (Å²) in [6.07, 6.45) is 1.87. The van der Waals surface area contributed by atoms with E-state index in [1.54, 1.807) is 31.4 Å². The Hall–Kier alpha value is -3.31. The van der Waals surface area contributed by atoms with Gasteiger partial charge in [0, 0.05) is 28.0 Å². The third-order valence-electron chi connectivity index (χ3n) is 4.59. The number of carbonyl (C=O) groups excluding carboxylic acids is 1. The summed E-state index contributed by atoms with van der Waals surface area (Å²) in [6, 6.07) is 18.3. The maximum absolute atomic E-state index is 12.4. The lowest BCUT2D eigenvalue weighted by atomic mass is 10.1. The summed E-state index contributed by atoms with van der Waals surface area (Å²) in [7, 11) is 1.64. The minimum absolute atomic E-state index is 0.191. The van der Waals surface area contributed by atoms with Crippen LogP contribution in [0, 0.1) is 6.92 Å². The smallest absolute Gasteiger partial charge is 0.255 e. The van der Waals surface area contributed by atoms with Gasteiger partial charge in [-0.3, -0.25) is 4.79 Å². The molecule has 2 aromatic carbocycles. The van der Waals surface area contributed by atoms with Crippen LogP contribution in [-0.4, -0.2) is 22.4 Å². The second-order valence-corrected chi connectivity index (χ2v) is 6.82. The predicted molar refractivity (Wildman–Crippen MR) is 111 cm³/mol. The second-order valence-electron chi connectivity index (χ2n) is 6.38. The van der Waals surface area contributed by atoms with Crippen LogP contribution in [0.15, 0.2) is 66.9 Å². The fourth-order valence-electron chi connectivity index (χ4n) is 3.06. The Balaban J connectivity index is 1.64. The van der Waals surface area contributed by atoms with Crippen molar-refractivity contribution in [1.29, 1.82) is 0 Å². The summed E-state index contributed by atoms with van der Waals surface area (Å²) < 4.78 is 7.19. The predicted octanol–water partition coefficient (Wildman–Crippen LogP) is 5.22. The first-order valence-corrected chi connectivity index (χ1v) is 9.13. The first kappa shape index (κ1) is 18.1. The van der Waals surface area contributed by atoms with Gasteiger partial charge in [-0.05, 0) is 67.6 Å². The Morgan fingerprint density at radius 2 is 1.75 bits per heavy atom. The standard InChI is InChI=1S/C22H18ClN3O2/c1-14-21(15-5-10-19(28-2)11-6-15)25-20-12-9-18(13-26(14)20)24-22(27)16-3-7-17(23)8-4-16/h3-13H,1-2H3,(H,24,27). The van der Waals surface area contributed by atoms with E-state index in [1.807, 2.05) is 53.9 Å². The number of anilines is 1. The molecule has 5 nitrogen and oxygen atoms in total. The number of pyridine rings is 1. The lowest BCUT2D eigenvalue weighted by Crippen LogP contribution is -2.12. The van der Waals surface area contributed by atoms with Crippen molar-refractivity contribution in [3.63, 3.8) is 0 Å². The normalized spacial score (nSPS) is 10.8. The number of carbonyl (C=O) groups is 1. The number of imidazole rings is 1. The third-order valence-corrected chi connectivity index (χ3v) is 4.84. The van der Waals surface area contributed by atoms with Crippen LogP contribution >= 0.6 is 11.6 Å². The molecule has 0 aliphatic rings. The highest BCUT2D eigenvalue weighted by atomic mass is 35.5. The van der Waals surface area contributed by atoms with Crippen LogP contribution in [-0.2, 0) is 0 Å². The second kappa shape index (κ2) is 7.37. The molecular formula is C22H18ClN3O2. The molecule has 6 heteroatoms. The highest BCUT2D eigenvalue weighted by Gasteiger charge is 2.12. The molecule has 1 amide bonds. The maximum atomic E-state index is 12.4. The Morgan fingerprint density at radius 3 is 2.43 bits per heavy atom. The molecular weight excluding hydrogens is 374 g/mol. The van der Waals surface area contributed by atoms with Gasteiger partial charge in [0.05, 0.1) is 18.5 Å². The number of methoxy groups -OCH3 is 1. The molecule has 0 spiro atoms. The molecule has 140 valence electrons. The molecule has 28 heavy (non-hydrogen) atoms. The van der Waals surface area contributed by atoms with E-state index in [2.05, 4.69) is 5.32 Å². The molecule has 4 aromatic rings. The molecule has 2 aromatic heterocycles. The Kier molecular flexibility index (Phi) is 4.75. The largest absolute Gasteiger partial charge is 0.497 e. The average Bonchev–Trinajstić information content (AvgIpc) is 3.05. The van der Waals surface area contributed by atoms with E-state index in [0.29, 0.717) is 16.3 Å². The molecule has 1 N–H and O–H groups in total. The van der Waals surface area contributed by atoms with Gasteiger partial charge in [-0.15, -0.1) is 0 Å². The molecule has 0 saturated carbocycles. The minimum Gasteiger partial charge on any atom is -0.497 e. The highest BCUT2D eigenvalue weighted by Crippen LogP contribution is 2.26. The van der Waals surface area contributed by atoms with E-state index in [1.165, 1.54) is 0 Å². The van der Waals surface area contributed by atoms with Gasteiger partial charge in [-0.1, -0.05) is 11.6 Å². The summed E-state index contributed by atoms with van der Waals surface area (Å²) in [6.45, 7) is 2.00. The number of halogens is 1. The van der Waals surface area contributed by atoms with Crippen LogP contribution in [0.2, 0.25) is 5.02 Å². The van der Waals surface area contributed by atoms with Gasteiger partial charge >= 0.3 is 0 Å². The number of benzene rings is 2. The summed E-state index contributed by atoms with van der Waals surface area (Å²) in [5.74, 6) is 0.613. The van der Waals surface area contributed by atoms with Crippen LogP contribution in [0.1, 0.15) is 16.1 Å². The number of amides is 1. The number of nitrogens with zero attached hydrogens (tertiary/aromatic N) is 2. The zero-order valence-corrected chi connectivity index (χ0v) is 16.2. The number of ether oxygens (including phenoxy) is 1. The molecule has 4 rings (SSSR count). The number of aromatic nitrogens is 2. The first-order chi connectivity index (χ1) is 13.5. The van der Waals surface area contributed by atoms with Crippen LogP contribution in [0.4, 0.5) is 5.69 Å². The number of aryl methyl sites for hydroxylation is 1. The fourth-order valence-corrected chi connectivity index (χ4v) is 3.19. The Labute approximate surface area is 167 Å². The molecule has 0 fully saturated rings. The van der Waals surface area contributed by atoms with Crippen LogP contribution < -0.4 is 10.1 Å². The highest BCUT2D eigenvalue weighted by molar-refractivity contribution is 6.30. The molecule has 0 radical (unpaired) electrons. The molecule has 0 aliphatic carbocycles. The number of hydrogen-bond donors (Lipinski definition) is 1. The van der Waals surface area contributed by atoms with Gasteiger partial charge in [0.1, 0.15) is 11.4 Å². The van der Waals surface area contributed by atoms with Gasteiger partial charge in [-0.2, -0.15) is 0 Å². The van der Waals surface area contributed by atoms with E-state index >= 15 is 0 Å². The fraction of sp³-hybridized carbons (Fsp3) is 0.0909. The van der Waals surface area contributed by atoms with E-state index in [0.717, 1.165) is 28.3 Å². The molecule has 0 bridgehead atoms. The van der Waals surface area contributed by atoms with Crippen molar-refractivity contribution in [3.05, 3.63) is 83.1 Å². The zero-order chi connectivity index (χ0) is 19.7. The van der Waals surface area contributed by atoms with E-state index in [-0.39, 0.29) is 5.91 Å². The van der Waals surface area contributed by atoms with Gasteiger partial charge in [0.15, 0.2) is 0 Å². The third kappa shape index (κ3) is 3.44. The van der Waals surface area contributed by atoms with Crippen molar-refractivity contribution >= 4 is 28.8 Å². The molecule has 0 aliphatic heterocycles. The molecule has 0 saturated heterocycles. The van der Waals surface area contributed by atoms with E-state index in [9.17, 15) is 4.79 Å². The number of fused-ring (bicyclic) bond motifs is 1. The lowest BCUT2D eigenvalue weighted by Gasteiger charge is -2.07. The zero-order valence-electron chi connectivity index (χ0n) is 15.4. The van der Waals surface area contributed by atoms with Crippen molar-refractivity contribution in [2.24, 2.45) is 0 Å². The summed E-state index contributed by atoms with van der Waals surface area (Å²) >= 11 is 5.88. The van der Waals surface area contributed by atoms with Crippen LogP contribution in [0.3, 0.4) is 0 Å². The Bertz CT molecular complexity index is 1150. The van der Waals surface area contributed by atoms with Crippen molar-refractivity contribution in [2.75, 3.05) is 12.4 Å². The number of hydrogen-bond acceptors (Lipinski definition) is 3. The summed E-state index contributed by atoms with van der Waals surface area (Å²) in [4.78, 5) is 17.2. The molecule has 0 atom stereocenters. The minimum atomic E-state index is -0.191. The van der Waals surface area contributed by atoms with Crippen LogP contribution in [0.5, 0.6) is 5.75 Å². The monoisotopic (exact) mass is 391 g/mol. The van der Waals surface area contributed by atoms with Crippen molar-refractivity contribution < 1.29 is 9.53 Å². The average molecular weight is 392 g/mol. The van der Waals surface area contributed by atoms with E-state index in [4.69, 9.17) is 21.3 Å². The molecule has 0 unspecified atom stereocenters. The maximum Gasteiger partial charge on any atom is 0.255 e. The van der Waals surface area contributed by atoms with Gasteiger partial charge in [0.2, 0.25) is 0 Å². The lowest BCUT2D eigenvalue weighted by molar-refractivity contribution is 0.102. The van der Waals surface area contributed by atoms with Gasteiger partial charge in [0.25, 0.3) is 5.91 Å². The van der Waals surface area contributed by atoms with Crippen molar-refractivity contribution in [2.45, 2.75) is 6.92 Å². The van der Waals surface area contributed by atoms with Crippen molar-refractivity contribution in [3.8, 4) is 17.0 Å². The molecule has 2 heterocycles. The first-order valence-electron chi connectivity index (χ1n) is 8.75. The summed E-state index contributed by atoms with van der Waals surface area (Å²) in [5, 5.41) is 3.51. The Morgan fingerprint density at radius 1 is 1.04 bits per heavy atom. The van der Waals surface area contributed by atoms with Crippen LogP contribution in [0.25, 0.3) is 16.9 Å². The number of rotatable bonds is 4. The van der Waals surface area contributed by atoms with Gasteiger partial charge < -0.3 is 14.5 Å². The quantitative estimate of drug-likeness (QED) is 0.518. The van der Waals surface area contributed by atoms with Crippen molar-refractivity contribution in [1.82, 2.24) is 9.38 Å². The van der Waals surface area contributed by atoms with Gasteiger partial charge in [-0.25, -0.2) is 4.98 Å². The SMILES string of the molecule is COc1ccc(-c2nc3ccc(NC(=O)c4ccc(Cl)cc4)cn3c2C)cc1. The summed E-state index contributed by atoms with van der Waals surface area (Å²) in [5.41, 5.74) is 4.94. The van der Waals surface area contributed by atoms with E-state index < -0.39 is 0 Å². The number of nitrogens with one attached hydrogen (secondary N) is 1.